The number of pyridine rings is 1. The fourth-order valence-corrected chi connectivity index (χ4v) is 3.85. The summed E-state index contributed by atoms with van der Waals surface area (Å²) >= 11 is 0. The van der Waals surface area contributed by atoms with Gasteiger partial charge in [-0.05, 0) is 45.7 Å². The Hall–Kier alpha value is -1.18. The predicted molar refractivity (Wildman–Crippen MR) is 104 cm³/mol. The molecule has 2 saturated heterocycles. The predicted octanol–water partition coefficient (Wildman–Crippen LogP) is 2.37. The zero-order valence-electron chi connectivity index (χ0n) is 15.9. The molecule has 0 N–H and O–H groups in total. The van der Waals surface area contributed by atoms with E-state index in [9.17, 15) is 9.18 Å². The first-order valence-corrected chi connectivity index (χ1v) is 9.20. The fourth-order valence-electron chi connectivity index (χ4n) is 3.85. The average molecular weight is 384 g/mol. The summed E-state index contributed by atoms with van der Waals surface area (Å²) in [6.45, 7) is 9.25. The molecule has 5 nitrogen and oxygen atoms in total. The van der Waals surface area contributed by atoms with Crippen molar-refractivity contribution in [3.05, 3.63) is 29.8 Å². The van der Waals surface area contributed by atoms with Crippen LogP contribution in [0.1, 0.15) is 39.3 Å². The first kappa shape index (κ1) is 21.1. The third-order valence-electron chi connectivity index (χ3n) is 5.41. The van der Waals surface area contributed by atoms with Gasteiger partial charge in [0.25, 0.3) is 5.91 Å². The molecule has 2 aliphatic heterocycles. The number of carbonyl (C=O) groups excluding carboxylic acids is 1. The standard InChI is InChI=1S/C19H28FN3O2.H2S/c1-14(2)23-13-19(25-15(3)18(23)24)7-11-22(12-8-19)10-6-17-16(20)5-4-9-21-17;/h4-5,9,14-15H,6-8,10-13H2,1-3H3;1H2/t15-;/m0./s1. The summed E-state index contributed by atoms with van der Waals surface area (Å²) in [5, 5.41) is 0. The molecule has 1 atom stereocenters. The number of likely N-dealkylation sites (tertiary alicyclic amines) is 1. The van der Waals surface area contributed by atoms with Gasteiger partial charge in [-0.15, -0.1) is 0 Å². The van der Waals surface area contributed by atoms with Crippen LogP contribution in [0.15, 0.2) is 18.3 Å². The van der Waals surface area contributed by atoms with Gasteiger partial charge in [0.05, 0.1) is 17.8 Å². The summed E-state index contributed by atoms with van der Waals surface area (Å²) in [7, 11) is 0. The lowest BCUT2D eigenvalue weighted by Gasteiger charge is -2.50. The van der Waals surface area contributed by atoms with E-state index in [0.29, 0.717) is 18.7 Å². The van der Waals surface area contributed by atoms with E-state index in [1.807, 2.05) is 11.8 Å². The number of hydrogen-bond donors (Lipinski definition) is 0. The molecule has 26 heavy (non-hydrogen) atoms. The second-order valence-electron chi connectivity index (χ2n) is 7.53. The van der Waals surface area contributed by atoms with Crippen LogP contribution in [0.5, 0.6) is 0 Å². The Morgan fingerprint density at radius 1 is 1.38 bits per heavy atom. The van der Waals surface area contributed by atoms with Crippen LogP contribution >= 0.6 is 13.5 Å². The van der Waals surface area contributed by atoms with Crippen LogP contribution in [-0.4, -0.2) is 64.6 Å². The number of hydrogen-bond acceptors (Lipinski definition) is 4. The molecule has 0 radical (unpaired) electrons. The summed E-state index contributed by atoms with van der Waals surface area (Å²) in [6, 6.07) is 3.27. The van der Waals surface area contributed by atoms with E-state index < -0.39 is 0 Å². The van der Waals surface area contributed by atoms with Crippen molar-refractivity contribution in [3.63, 3.8) is 0 Å². The van der Waals surface area contributed by atoms with E-state index >= 15 is 0 Å². The van der Waals surface area contributed by atoms with Crippen molar-refractivity contribution >= 4 is 19.4 Å². The lowest BCUT2D eigenvalue weighted by atomic mass is 9.88. The maximum atomic E-state index is 13.7. The highest BCUT2D eigenvalue weighted by Crippen LogP contribution is 2.33. The molecule has 7 heteroatoms. The lowest BCUT2D eigenvalue weighted by molar-refractivity contribution is -0.192. The summed E-state index contributed by atoms with van der Waals surface area (Å²) in [4.78, 5) is 20.7. The van der Waals surface area contributed by atoms with E-state index in [4.69, 9.17) is 4.74 Å². The Kier molecular flexibility index (Phi) is 7.05. The van der Waals surface area contributed by atoms with Gasteiger partial charge < -0.3 is 14.5 Å². The SMILES string of the molecule is CC(C)N1CC2(CCN(CCc3ncccc3F)CC2)O[C@@H](C)C1=O.S. The van der Waals surface area contributed by atoms with Gasteiger partial charge in [0, 0.05) is 38.3 Å². The first-order chi connectivity index (χ1) is 11.9. The molecule has 0 aliphatic carbocycles. The van der Waals surface area contributed by atoms with Gasteiger partial charge in [-0.3, -0.25) is 9.78 Å². The van der Waals surface area contributed by atoms with E-state index in [1.165, 1.54) is 6.07 Å². The Bertz CT molecular complexity index is 621. The van der Waals surface area contributed by atoms with Gasteiger partial charge in [0.1, 0.15) is 11.9 Å². The second-order valence-corrected chi connectivity index (χ2v) is 7.53. The molecule has 3 rings (SSSR count). The number of morpholine rings is 1. The minimum absolute atomic E-state index is 0. The number of carbonyl (C=O) groups is 1. The van der Waals surface area contributed by atoms with Crippen molar-refractivity contribution < 1.29 is 13.9 Å². The topological polar surface area (TPSA) is 45.7 Å². The van der Waals surface area contributed by atoms with Crippen LogP contribution in [0, 0.1) is 5.82 Å². The van der Waals surface area contributed by atoms with Gasteiger partial charge >= 0.3 is 0 Å². The summed E-state index contributed by atoms with van der Waals surface area (Å²) in [5.41, 5.74) is 0.298. The Morgan fingerprint density at radius 2 is 2.08 bits per heavy atom. The molecule has 1 aromatic heterocycles. The highest BCUT2D eigenvalue weighted by Gasteiger charge is 2.45. The molecule has 0 saturated carbocycles. The fraction of sp³-hybridized carbons (Fsp3) is 0.684. The number of rotatable bonds is 4. The molecule has 0 unspecified atom stereocenters. The minimum atomic E-state index is -0.370. The number of nitrogens with zero attached hydrogens (tertiary/aromatic N) is 3. The average Bonchev–Trinajstić information content (AvgIpc) is 2.59. The molecule has 1 amide bonds. The van der Waals surface area contributed by atoms with Gasteiger partial charge in [-0.1, -0.05) is 0 Å². The quantitative estimate of drug-likeness (QED) is 0.801. The monoisotopic (exact) mass is 383 g/mol. The zero-order valence-corrected chi connectivity index (χ0v) is 16.9. The van der Waals surface area contributed by atoms with Crippen LogP contribution in [0.3, 0.4) is 0 Å². The van der Waals surface area contributed by atoms with E-state index in [1.54, 1.807) is 12.3 Å². The third kappa shape index (κ3) is 4.56. The second kappa shape index (κ2) is 8.67. The highest BCUT2D eigenvalue weighted by atomic mass is 32.1. The van der Waals surface area contributed by atoms with Crippen molar-refractivity contribution in [2.75, 3.05) is 26.2 Å². The molecule has 0 aromatic carbocycles. The van der Waals surface area contributed by atoms with Crippen LogP contribution < -0.4 is 0 Å². The largest absolute Gasteiger partial charge is 0.360 e. The van der Waals surface area contributed by atoms with Crippen LogP contribution in [-0.2, 0) is 16.0 Å². The maximum absolute atomic E-state index is 13.7. The third-order valence-corrected chi connectivity index (χ3v) is 5.41. The molecule has 0 bridgehead atoms. The molecular weight excluding hydrogens is 353 g/mol. The molecule has 146 valence electrons. The van der Waals surface area contributed by atoms with Crippen LogP contribution in [0.2, 0.25) is 0 Å². The van der Waals surface area contributed by atoms with Crippen molar-refractivity contribution in [1.82, 2.24) is 14.8 Å². The summed E-state index contributed by atoms with van der Waals surface area (Å²) in [6.07, 6.45) is 3.69. The molecule has 1 spiro atoms. The van der Waals surface area contributed by atoms with E-state index in [0.717, 1.165) is 32.5 Å². The van der Waals surface area contributed by atoms with E-state index in [-0.39, 0.29) is 43.0 Å². The molecule has 3 heterocycles. The van der Waals surface area contributed by atoms with Gasteiger partial charge in [-0.25, -0.2) is 4.39 Å². The van der Waals surface area contributed by atoms with Crippen LogP contribution in [0.25, 0.3) is 0 Å². The number of halogens is 1. The molecule has 2 aliphatic rings. The summed E-state index contributed by atoms with van der Waals surface area (Å²) < 4.78 is 19.8. The Balaban J connectivity index is 0.00000243. The van der Waals surface area contributed by atoms with Gasteiger partial charge in [0.2, 0.25) is 0 Å². The van der Waals surface area contributed by atoms with Crippen molar-refractivity contribution in [1.29, 1.82) is 0 Å². The molecule has 2 fully saturated rings. The van der Waals surface area contributed by atoms with E-state index in [2.05, 4.69) is 23.7 Å². The van der Waals surface area contributed by atoms with Crippen LogP contribution in [0.4, 0.5) is 4.39 Å². The zero-order chi connectivity index (χ0) is 18.0. The number of amides is 1. The normalized spacial score (nSPS) is 23.3. The highest BCUT2D eigenvalue weighted by molar-refractivity contribution is 7.59. The van der Waals surface area contributed by atoms with Crippen molar-refractivity contribution in [2.45, 2.75) is 57.8 Å². The number of ether oxygens (including phenoxy) is 1. The summed E-state index contributed by atoms with van der Waals surface area (Å²) in [5.74, 6) is -0.139. The smallest absolute Gasteiger partial charge is 0.251 e. The van der Waals surface area contributed by atoms with Crippen molar-refractivity contribution in [2.24, 2.45) is 0 Å². The Morgan fingerprint density at radius 3 is 2.69 bits per heavy atom. The maximum Gasteiger partial charge on any atom is 0.251 e. The number of aromatic nitrogens is 1. The van der Waals surface area contributed by atoms with Crippen molar-refractivity contribution in [3.8, 4) is 0 Å². The van der Waals surface area contributed by atoms with Gasteiger partial charge in [-0.2, -0.15) is 13.5 Å². The molecular formula is C19H30FN3O2S. The van der Waals surface area contributed by atoms with Gasteiger partial charge in [0.15, 0.2) is 0 Å². The Labute approximate surface area is 162 Å². The lowest BCUT2D eigenvalue weighted by Crippen LogP contribution is -2.62. The minimum Gasteiger partial charge on any atom is -0.360 e. The first-order valence-electron chi connectivity index (χ1n) is 9.20. The molecule has 1 aromatic rings. The number of piperidine rings is 1.